The SMILES string of the molecule is CSc1sc(C(F)(F)F)c(C(F)(F)F)[s+]1. The Balaban J connectivity index is 3.31. The maximum atomic E-state index is 12.2. The highest BCUT2D eigenvalue weighted by atomic mass is 32.2. The van der Waals surface area contributed by atoms with Crippen molar-refractivity contribution < 1.29 is 26.3 Å². The largest absolute Gasteiger partial charge is 0.450 e. The van der Waals surface area contributed by atoms with Gasteiger partial charge in [0.05, 0.1) is 0 Å². The Labute approximate surface area is 92.9 Å². The Hall–Kier alpha value is -0.0200. The lowest BCUT2D eigenvalue weighted by molar-refractivity contribution is -0.157. The van der Waals surface area contributed by atoms with E-state index >= 15 is 0 Å². The number of alkyl halides is 6. The van der Waals surface area contributed by atoms with Crippen LogP contribution < -0.4 is 0 Å². The molecule has 0 unspecified atom stereocenters. The third-order valence-electron chi connectivity index (χ3n) is 1.26. The quantitative estimate of drug-likeness (QED) is 0.404. The lowest BCUT2D eigenvalue weighted by atomic mass is 10.4. The van der Waals surface area contributed by atoms with Crippen LogP contribution >= 0.6 is 34.4 Å². The number of rotatable bonds is 1. The molecule has 0 aliphatic rings. The summed E-state index contributed by atoms with van der Waals surface area (Å²) in [5.41, 5.74) is 0. The monoisotopic (exact) mass is 285 g/mol. The normalized spacial score (nSPS) is 13.3. The lowest BCUT2D eigenvalue weighted by Crippen LogP contribution is -2.12. The van der Waals surface area contributed by atoms with Crippen LogP contribution in [-0.4, -0.2) is 6.26 Å². The molecular formula is C6H3F6S3+. The van der Waals surface area contributed by atoms with Gasteiger partial charge in [0.2, 0.25) is 0 Å². The molecule has 0 bridgehead atoms. The van der Waals surface area contributed by atoms with Crippen LogP contribution in [0.15, 0.2) is 3.52 Å². The molecule has 0 saturated heterocycles. The summed E-state index contributed by atoms with van der Waals surface area (Å²) in [6.45, 7) is 0. The third-order valence-corrected chi connectivity index (χ3v) is 5.33. The molecule has 86 valence electrons. The van der Waals surface area contributed by atoms with Gasteiger partial charge < -0.3 is 0 Å². The molecule has 0 radical (unpaired) electrons. The van der Waals surface area contributed by atoms with Gasteiger partial charge in [0.25, 0.3) is 9.75 Å². The topological polar surface area (TPSA) is 0 Å². The van der Waals surface area contributed by atoms with Gasteiger partial charge in [-0.2, -0.15) is 26.3 Å². The van der Waals surface area contributed by atoms with E-state index in [1.807, 2.05) is 0 Å². The van der Waals surface area contributed by atoms with Crippen molar-refractivity contribution in [3.8, 4) is 0 Å². The molecule has 0 atom stereocenters. The maximum absolute atomic E-state index is 12.2. The van der Waals surface area contributed by atoms with E-state index in [9.17, 15) is 26.3 Å². The van der Waals surface area contributed by atoms with E-state index in [1.165, 1.54) is 6.26 Å². The molecule has 1 heterocycles. The summed E-state index contributed by atoms with van der Waals surface area (Å²) < 4.78 is 73.5. The first-order chi connectivity index (χ1) is 6.66. The zero-order chi connectivity index (χ0) is 11.9. The molecule has 1 rings (SSSR count). The number of hydrogen-bond donors (Lipinski definition) is 0. The van der Waals surface area contributed by atoms with Crippen LogP contribution in [0.4, 0.5) is 26.3 Å². The minimum atomic E-state index is -4.94. The maximum Gasteiger partial charge on any atom is 0.450 e. The fourth-order valence-corrected chi connectivity index (χ4v) is 3.80. The molecule has 0 spiro atoms. The summed E-state index contributed by atoms with van der Waals surface area (Å²) in [6, 6.07) is 0. The zero-order valence-electron chi connectivity index (χ0n) is 6.99. The van der Waals surface area contributed by atoms with Gasteiger partial charge in [0, 0.05) is 0 Å². The van der Waals surface area contributed by atoms with E-state index in [4.69, 9.17) is 0 Å². The van der Waals surface area contributed by atoms with Crippen molar-refractivity contribution in [3.63, 3.8) is 0 Å². The summed E-state index contributed by atoms with van der Waals surface area (Å²) in [6.07, 6.45) is -8.46. The Morgan fingerprint density at radius 3 is 1.87 bits per heavy atom. The number of halogens is 6. The van der Waals surface area contributed by atoms with Crippen molar-refractivity contribution in [2.24, 2.45) is 0 Å². The Morgan fingerprint density at radius 1 is 1.07 bits per heavy atom. The van der Waals surface area contributed by atoms with Crippen molar-refractivity contribution in [1.82, 2.24) is 0 Å². The van der Waals surface area contributed by atoms with Crippen molar-refractivity contribution in [2.75, 3.05) is 6.26 Å². The molecule has 9 heteroatoms. The predicted octanol–water partition coefficient (Wildman–Crippen LogP) is 4.85. The van der Waals surface area contributed by atoms with Gasteiger partial charge in [-0.05, 0) is 6.26 Å². The molecule has 0 aliphatic carbocycles. The van der Waals surface area contributed by atoms with E-state index in [0.29, 0.717) is 0 Å². The highest BCUT2D eigenvalue weighted by Gasteiger charge is 2.53. The van der Waals surface area contributed by atoms with Crippen LogP contribution in [0, 0.1) is 0 Å². The van der Waals surface area contributed by atoms with E-state index in [-0.39, 0.29) is 26.2 Å². The highest BCUT2D eigenvalue weighted by Crippen LogP contribution is 2.49. The zero-order valence-corrected chi connectivity index (χ0v) is 9.44. The summed E-state index contributed by atoms with van der Waals surface area (Å²) in [5, 5.41) is 0. The fraction of sp³-hybridized carbons (Fsp3) is 0.500. The van der Waals surface area contributed by atoms with E-state index in [0.717, 1.165) is 11.8 Å². The second kappa shape index (κ2) is 4.10. The molecular weight excluding hydrogens is 282 g/mol. The van der Waals surface area contributed by atoms with Gasteiger partial charge in [-0.3, -0.25) is 0 Å². The van der Waals surface area contributed by atoms with E-state index in [2.05, 4.69) is 0 Å². The van der Waals surface area contributed by atoms with Gasteiger partial charge in [-0.1, -0.05) is 11.8 Å². The standard InChI is InChI=1S/C6H3F6S3/c1-13-4-14-2(5(7,8)9)3(15-4)6(10,11)12/h1H3/q+1. The lowest BCUT2D eigenvalue weighted by Gasteiger charge is -2.02. The molecule has 0 fully saturated rings. The third kappa shape index (κ3) is 2.97. The Kier molecular flexibility index (Phi) is 3.56. The van der Waals surface area contributed by atoms with Gasteiger partial charge in [0.15, 0.2) is 0 Å². The van der Waals surface area contributed by atoms with Crippen LogP contribution in [0.1, 0.15) is 9.75 Å². The smallest absolute Gasteiger partial charge is 0.163 e. The van der Waals surface area contributed by atoms with Crippen LogP contribution in [-0.2, 0) is 12.4 Å². The first-order valence-corrected chi connectivity index (χ1v) is 6.17. The summed E-state index contributed by atoms with van der Waals surface area (Å²) in [7, 11) is 0. The minimum absolute atomic E-state index is 0.0367. The molecule has 0 amide bonds. The van der Waals surface area contributed by atoms with Crippen molar-refractivity contribution in [1.29, 1.82) is 0 Å². The van der Waals surface area contributed by atoms with E-state index < -0.39 is 22.1 Å². The molecule has 0 aliphatic heterocycles. The van der Waals surface area contributed by atoms with Crippen molar-refractivity contribution in [3.05, 3.63) is 9.75 Å². The Morgan fingerprint density at radius 2 is 1.60 bits per heavy atom. The summed E-state index contributed by atoms with van der Waals surface area (Å²) in [5.74, 6) is 0. The van der Waals surface area contributed by atoms with Gasteiger partial charge in [-0.25, -0.2) is 0 Å². The van der Waals surface area contributed by atoms with Gasteiger partial charge in [-0.15, -0.1) is 0 Å². The van der Waals surface area contributed by atoms with E-state index in [1.54, 1.807) is 0 Å². The molecule has 15 heavy (non-hydrogen) atoms. The second-order valence-corrected chi connectivity index (χ2v) is 5.95. The highest BCUT2D eigenvalue weighted by molar-refractivity contribution is 8.02. The van der Waals surface area contributed by atoms with Crippen molar-refractivity contribution in [2.45, 2.75) is 15.9 Å². The number of hydrogen-bond acceptors (Lipinski definition) is 2. The van der Waals surface area contributed by atoms with Gasteiger partial charge >= 0.3 is 15.9 Å². The van der Waals surface area contributed by atoms with Crippen LogP contribution in [0.25, 0.3) is 0 Å². The molecule has 1 aromatic heterocycles. The van der Waals surface area contributed by atoms with Gasteiger partial charge in [0.1, 0.15) is 22.7 Å². The molecule has 0 aromatic carbocycles. The Bertz CT molecular complexity index is 317. The van der Waals surface area contributed by atoms with Crippen molar-refractivity contribution >= 4 is 34.4 Å². The first-order valence-electron chi connectivity index (χ1n) is 3.31. The fourth-order valence-electron chi connectivity index (χ4n) is 0.737. The van der Waals surface area contributed by atoms with Crippen LogP contribution in [0.3, 0.4) is 0 Å². The number of thioether (sulfide) groups is 1. The minimum Gasteiger partial charge on any atom is -0.163 e. The second-order valence-electron chi connectivity index (χ2n) is 2.31. The molecule has 0 N–H and O–H groups in total. The predicted molar refractivity (Wildman–Crippen MR) is 48.4 cm³/mol. The average Bonchev–Trinajstić information content (AvgIpc) is 2.44. The molecule has 0 saturated carbocycles. The van der Waals surface area contributed by atoms with Crippen LogP contribution in [0.5, 0.6) is 0 Å². The average molecular weight is 285 g/mol. The molecule has 1 aromatic rings. The van der Waals surface area contributed by atoms with Crippen LogP contribution in [0.2, 0.25) is 0 Å². The first kappa shape index (κ1) is 13.0. The molecule has 0 nitrogen and oxygen atoms in total. The summed E-state index contributed by atoms with van der Waals surface area (Å²) >= 11 is 1.13. The summed E-state index contributed by atoms with van der Waals surface area (Å²) in [4.78, 5) is -3.13.